The van der Waals surface area contributed by atoms with E-state index < -0.39 is 11.9 Å². The molecule has 2 atom stereocenters. The second kappa shape index (κ2) is 19.2. The van der Waals surface area contributed by atoms with Gasteiger partial charge in [0.25, 0.3) is 0 Å². The molecule has 0 bridgehead atoms. The van der Waals surface area contributed by atoms with E-state index in [4.69, 9.17) is 18.9 Å². The Kier molecular flexibility index (Phi) is 15.1. The summed E-state index contributed by atoms with van der Waals surface area (Å²) in [5.41, 5.74) is 2.04. The van der Waals surface area contributed by atoms with Gasteiger partial charge in [0.15, 0.2) is 0 Å². The lowest BCUT2D eigenvalue weighted by Gasteiger charge is -2.27. The van der Waals surface area contributed by atoms with Gasteiger partial charge in [-0.05, 0) is 61.1 Å². The van der Waals surface area contributed by atoms with Gasteiger partial charge in [-0.25, -0.2) is 9.59 Å². The van der Waals surface area contributed by atoms with Crippen molar-refractivity contribution in [3.05, 3.63) is 85.0 Å². The molecule has 47 heavy (non-hydrogen) atoms. The summed E-state index contributed by atoms with van der Waals surface area (Å²) >= 11 is 3.77. The SMILES string of the molecule is C=CC(=O)OC(COc1ccc(C(C)(C)c2ccc(OCC(CSC3CCCCC3)OC(=O)C=C)cc2)cc1)CSC1CCCCC1. The lowest BCUT2D eigenvalue weighted by atomic mass is 9.78. The Morgan fingerprint density at radius 1 is 0.681 bits per heavy atom. The molecule has 0 aromatic heterocycles. The molecule has 2 aliphatic rings. The van der Waals surface area contributed by atoms with Gasteiger partial charge in [0.05, 0.1) is 0 Å². The Labute approximate surface area is 290 Å². The summed E-state index contributed by atoms with van der Waals surface area (Å²) in [6, 6.07) is 16.3. The summed E-state index contributed by atoms with van der Waals surface area (Å²) in [5, 5.41) is 1.26. The number of esters is 2. The topological polar surface area (TPSA) is 71.1 Å². The maximum Gasteiger partial charge on any atom is 0.330 e. The monoisotopic (exact) mass is 680 g/mol. The van der Waals surface area contributed by atoms with Gasteiger partial charge in [-0.15, -0.1) is 0 Å². The molecule has 2 aliphatic carbocycles. The predicted octanol–water partition coefficient (Wildman–Crippen LogP) is 9.10. The smallest absolute Gasteiger partial charge is 0.330 e. The van der Waals surface area contributed by atoms with Crippen LogP contribution in [0.5, 0.6) is 11.5 Å². The van der Waals surface area contributed by atoms with E-state index >= 15 is 0 Å². The standard InChI is InChI=1S/C39H52O6S2/c1-5-37(40)44-33(27-46-35-13-9-7-10-14-35)25-42-31-21-17-29(18-22-31)39(3,4)30-19-23-32(24-20-30)43-26-34(45-38(41)6-2)28-47-36-15-11-8-12-16-36/h5-6,17-24,33-36H,1-2,7-16,25-28H2,3-4H3. The van der Waals surface area contributed by atoms with Gasteiger partial charge in [-0.3, -0.25) is 0 Å². The van der Waals surface area contributed by atoms with Crippen LogP contribution >= 0.6 is 23.5 Å². The molecule has 0 aliphatic heterocycles. The Morgan fingerprint density at radius 3 is 1.38 bits per heavy atom. The summed E-state index contributed by atoms with van der Waals surface area (Å²) in [7, 11) is 0. The fraction of sp³-hybridized carbons (Fsp3) is 0.538. The Hall–Kier alpha value is -2.84. The third kappa shape index (κ3) is 12.3. The number of benzene rings is 2. The zero-order valence-corrected chi connectivity index (χ0v) is 29.8. The summed E-state index contributed by atoms with van der Waals surface area (Å²) in [5.74, 6) is 2.08. The molecule has 2 aromatic rings. The first-order valence-corrected chi connectivity index (χ1v) is 19.2. The van der Waals surface area contributed by atoms with Crippen LogP contribution in [0.25, 0.3) is 0 Å². The van der Waals surface area contributed by atoms with E-state index in [9.17, 15) is 9.59 Å². The molecule has 0 saturated heterocycles. The van der Waals surface area contributed by atoms with E-state index in [1.807, 2.05) is 47.8 Å². The number of carbonyl (C=O) groups excluding carboxylic acids is 2. The number of hydrogen-bond donors (Lipinski definition) is 0. The number of ether oxygens (including phenoxy) is 4. The molecule has 8 heteroatoms. The van der Waals surface area contributed by atoms with E-state index in [2.05, 4.69) is 51.3 Å². The van der Waals surface area contributed by atoms with Crippen molar-refractivity contribution in [1.82, 2.24) is 0 Å². The van der Waals surface area contributed by atoms with Crippen LogP contribution in [0.4, 0.5) is 0 Å². The lowest BCUT2D eigenvalue weighted by molar-refractivity contribution is -0.144. The average molecular weight is 681 g/mol. The Morgan fingerprint density at radius 2 is 1.04 bits per heavy atom. The highest BCUT2D eigenvalue weighted by molar-refractivity contribution is 8.00. The van der Waals surface area contributed by atoms with Crippen molar-refractivity contribution in [3.63, 3.8) is 0 Å². The highest BCUT2D eigenvalue weighted by Crippen LogP contribution is 2.34. The van der Waals surface area contributed by atoms with E-state index in [0.29, 0.717) is 23.7 Å². The van der Waals surface area contributed by atoms with Crippen molar-refractivity contribution in [2.24, 2.45) is 0 Å². The first kappa shape index (κ1) is 37.0. The number of hydrogen-bond acceptors (Lipinski definition) is 8. The fourth-order valence-electron chi connectivity index (χ4n) is 6.09. The van der Waals surface area contributed by atoms with Gasteiger partial charge in [-0.2, -0.15) is 23.5 Å². The zero-order valence-electron chi connectivity index (χ0n) is 28.2. The fourth-order valence-corrected chi connectivity index (χ4v) is 8.72. The van der Waals surface area contributed by atoms with Gasteiger partial charge < -0.3 is 18.9 Å². The van der Waals surface area contributed by atoms with Crippen LogP contribution in [0.1, 0.15) is 89.2 Å². The predicted molar refractivity (Wildman–Crippen MR) is 195 cm³/mol. The maximum absolute atomic E-state index is 12.0. The first-order valence-electron chi connectivity index (χ1n) is 17.1. The first-order chi connectivity index (χ1) is 22.8. The second-order valence-electron chi connectivity index (χ2n) is 13.0. The van der Waals surface area contributed by atoms with Crippen LogP contribution in [-0.4, -0.2) is 59.4 Å². The van der Waals surface area contributed by atoms with Crippen molar-refractivity contribution in [3.8, 4) is 11.5 Å². The summed E-state index contributed by atoms with van der Waals surface area (Å²) < 4.78 is 23.4. The molecule has 4 rings (SSSR count). The lowest BCUT2D eigenvalue weighted by Crippen LogP contribution is -2.28. The average Bonchev–Trinajstić information content (AvgIpc) is 3.11. The molecule has 0 spiro atoms. The highest BCUT2D eigenvalue weighted by Gasteiger charge is 2.25. The Balaban J connectivity index is 1.30. The minimum Gasteiger partial charge on any atom is -0.490 e. The normalized spacial score (nSPS) is 17.2. The maximum atomic E-state index is 12.0. The molecule has 0 radical (unpaired) electrons. The molecular weight excluding hydrogens is 629 g/mol. The van der Waals surface area contributed by atoms with E-state index in [1.54, 1.807) is 0 Å². The molecule has 6 nitrogen and oxygen atoms in total. The highest BCUT2D eigenvalue weighted by atomic mass is 32.2. The number of carbonyl (C=O) groups is 2. The van der Waals surface area contributed by atoms with Crippen molar-refractivity contribution in [2.75, 3.05) is 24.7 Å². The van der Waals surface area contributed by atoms with Crippen LogP contribution < -0.4 is 9.47 Å². The Bertz CT molecular complexity index is 1170. The molecule has 2 saturated carbocycles. The third-order valence-corrected chi connectivity index (χ3v) is 12.1. The van der Waals surface area contributed by atoms with E-state index in [0.717, 1.165) is 34.1 Å². The molecule has 0 N–H and O–H groups in total. The molecule has 256 valence electrons. The number of rotatable bonds is 18. The van der Waals surface area contributed by atoms with Crippen LogP contribution in [0, 0.1) is 0 Å². The molecule has 0 amide bonds. The molecular formula is C39H52O6S2. The quantitative estimate of drug-likeness (QED) is 0.114. The van der Waals surface area contributed by atoms with Crippen LogP contribution in [0.2, 0.25) is 0 Å². The largest absolute Gasteiger partial charge is 0.490 e. The molecule has 0 heterocycles. The third-order valence-electron chi connectivity index (χ3n) is 9.06. The van der Waals surface area contributed by atoms with Gasteiger partial charge >= 0.3 is 11.9 Å². The second-order valence-corrected chi connectivity index (χ2v) is 15.7. The van der Waals surface area contributed by atoms with Gasteiger partial charge in [0.2, 0.25) is 0 Å². The summed E-state index contributed by atoms with van der Waals surface area (Å²) in [4.78, 5) is 23.9. The summed E-state index contributed by atoms with van der Waals surface area (Å²) in [6.07, 6.45) is 14.4. The minimum atomic E-state index is -0.416. The number of thioether (sulfide) groups is 2. The van der Waals surface area contributed by atoms with Gasteiger partial charge in [0.1, 0.15) is 36.9 Å². The molecule has 2 fully saturated rings. The van der Waals surface area contributed by atoms with Crippen LogP contribution in [-0.2, 0) is 24.5 Å². The van der Waals surface area contributed by atoms with E-state index in [1.165, 1.54) is 76.4 Å². The minimum absolute atomic E-state index is 0.256. The van der Waals surface area contributed by atoms with Crippen molar-refractivity contribution < 1.29 is 28.5 Å². The van der Waals surface area contributed by atoms with Crippen molar-refractivity contribution in [1.29, 1.82) is 0 Å². The zero-order chi connectivity index (χ0) is 33.5. The molecule has 2 unspecified atom stereocenters. The van der Waals surface area contributed by atoms with Crippen molar-refractivity contribution >= 4 is 35.5 Å². The summed E-state index contributed by atoms with van der Waals surface area (Å²) in [6.45, 7) is 12.1. The van der Waals surface area contributed by atoms with Gasteiger partial charge in [0, 0.05) is 39.6 Å². The molecule has 2 aromatic carbocycles. The van der Waals surface area contributed by atoms with Gasteiger partial charge in [-0.1, -0.05) is 89.8 Å². The van der Waals surface area contributed by atoms with Crippen molar-refractivity contribution in [2.45, 2.75) is 106 Å². The van der Waals surface area contributed by atoms with E-state index in [-0.39, 0.29) is 17.6 Å². The van der Waals surface area contributed by atoms with Crippen LogP contribution in [0.3, 0.4) is 0 Å². The van der Waals surface area contributed by atoms with Crippen LogP contribution in [0.15, 0.2) is 73.8 Å².